The van der Waals surface area contributed by atoms with Gasteiger partial charge >= 0.3 is 0 Å². The van der Waals surface area contributed by atoms with Crippen molar-refractivity contribution in [3.8, 4) is 0 Å². The third kappa shape index (κ3) is 7.20. The summed E-state index contributed by atoms with van der Waals surface area (Å²) in [6.07, 6.45) is 6.93. The average Bonchev–Trinajstić information content (AvgIpc) is 2.19. The fourth-order valence-corrected chi connectivity index (χ4v) is 1.56. The highest BCUT2D eigenvalue weighted by Gasteiger charge is 2.04. The van der Waals surface area contributed by atoms with E-state index in [0.717, 1.165) is 19.0 Å². The number of rotatable bonds is 8. The minimum atomic E-state index is 0.833. The second kappa shape index (κ2) is 9.33. The van der Waals surface area contributed by atoms with E-state index in [9.17, 15) is 0 Å². The molecular weight excluding hydrogens is 169 g/mol. The van der Waals surface area contributed by atoms with Gasteiger partial charge in [-0.2, -0.15) is 0 Å². The molecule has 1 unspecified atom stereocenters. The van der Waals surface area contributed by atoms with Crippen LogP contribution in [0.15, 0.2) is 12.2 Å². The Hall–Kier alpha value is -0.235. The summed E-state index contributed by atoms with van der Waals surface area (Å²) in [6, 6.07) is 0. The van der Waals surface area contributed by atoms with E-state index in [1.54, 1.807) is 0 Å². The molecule has 0 aromatic carbocycles. The van der Waals surface area contributed by atoms with E-state index in [1.807, 2.05) is 0 Å². The van der Waals surface area contributed by atoms with Gasteiger partial charge in [0.25, 0.3) is 0 Å². The summed E-state index contributed by atoms with van der Waals surface area (Å²) in [5, 5.41) is 0. The molecule has 14 heavy (non-hydrogen) atoms. The summed E-state index contributed by atoms with van der Waals surface area (Å²) in [4.78, 5) is 2.49. The molecule has 0 amide bonds. The lowest BCUT2D eigenvalue weighted by atomic mass is 9.72. The molecule has 0 saturated heterocycles. The molecule has 1 nitrogen and oxygen atoms in total. The molecule has 0 spiro atoms. The van der Waals surface area contributed by atoms with E-state index < -0.39 is 0 Å². The van der Waals surface area contributed by atoms with E-state index in [-0.39, 0.29) is 0 Å². The molecule has 0 bridgehead atoms. The van der Waals surface area contributed by atoms with Crippen LogP contribution in [0.3, 0.4) is 0 Å². The maximum absolute atomic E-state index is 2.49. The average molecular weight is 194 g/mol. The van der Waals surface area contributed by atoms with Crippen LogP contribution in [0, 0.1) is 5.92 Å². The van der Waals surface area contributed by atoms with Crippen molar-refractivity contribution in [1.29, 1.82) is 0 Å². The maximum atomic E-state index is 2.49. The topological polar surface area (TPSA) is 3.24 Å². The Kier molecular flexibility index (Phi) is 9.17. The number of likely N-dealkylation sites (N-methyl/N-ethyl adjacent to an activating group) is 1. The van der Waals surface area contributed by atoms with Crippen LogP contribution in [0.4, 0.5) is 0 Å². The molecule has 0 aliphatic carbocycles. The molecule has 0 aromatic rings. The summed E-state index contributed by atoms with van der Waals surface area (Å²) in [7, 11) is 2.27. The van der Waals surface area contributed by atoms with Gasteiger partial charge in [-0.1, -0.05) is 45.1 Å². The van der Waals surface area contributed by atoms with Crippen molar-refractivity contribution in [2.75, 3.05) is 19.6 Å². The summed E-state index contributed by atoms with van der Waals surface area (Å²) in [5.74, 6) is 0.833. The van der Waals surface area contributed by atoms with Crippen molar-refractivity contribution in [2.45, 2.75) is 40.3 Å². The SMILES string of the molecule is C[B]CC(C)CCN(CC)C/C=C\C. The lowest BCUT2D eigenvalue weighted by Crippen LogP contribution is -2.25. The molecule has 1 atom stereocenters. The van der Waals surface area contributed by atoms with E-state index in [4.69, 9.17) is 0 Å². The van der Waals surface area contributed by atoms with Gasteiger partial charge in [-0.25, -0.2) is 0 Å². The number of nitrogens with zero attached hydrogens (tertiary/aromatic N) is 1. The Morgan fingerprint density at radius 3 is 2.64 bits per heavy atom. The first-order valence-corrected chi connectivity index (χ1v) is 5.85. The van der Waals surface area contributed by atoms with Crippen LogP contribution in [-0.2, 0) is 0 Å². The predicted molar refractivity (Wildman–Crippen MR) is 67.1 cm³/mol. The zero-order chi connectivity index (χ0) is 10.8. The molecule has 0 saturated carbocycles. The molecular formula is C12H25BN. The second-order valence-corrected chi connectivity index (χ2v) is 4.00. The van der Waals surface area contributed by atoms with Crippen LogP contribution < -0.4 is 0 Å². The second-order valence-electron chi connectivity index (χ2n) is 4.00. The van der Waals surface area contributed by atoms with Crippen molar-refractivity contribution in [3.63, 3.8) is 0 Å². The molecule has 0 N–H and O–H groups in total. The van der Waals surface area contributed by atoms with Gasteiger partial charge in [-0.3, -0.25) is 4.90 Å². The Morgan fingerprint density at radius 2 is 2.14 bits per heavy atom. The van der Waals surface area contributed by atoms with Gasteiger partial charge in [-0.15, -0.1) is 0 Å². The third-order valence-electron chi connectivity index (χ3n) is 2.62. The monoisotopic (exact) mass is 194 g/mol. The highest BCUT2D eigenvalue weighted by Crippen LogP contribution is 2.08. The van der Waals surface area contributed by atoms with Crippen LogP contribution in [0.5, 0.6) is 0 Å². The van der Waals surface area contributed by atoms with Gasteiger partial charge in [0.05, 0.1) is 0 Å². The number of allylic oxidation sites excluding steroid dienone is 1. The fraction of sp³-hybridized carbons (Fsp3) is 0.833. The Balaban J connectivity index is 3.60. The molecule has 0 heterocycles. The van der Waals surface area contributed by atoms with Crippen molar-refractivity contribution in [2.24, 2.45) is 5.92 Å². The lowest BCUT2D eigenvalue weighted by Gasteiger charge is -2.20. The lowest BCUT2D eigenvalue weighted by molar-refractivity contribution is 0.297. The van der Waals surface area contributed by atoms with Crippen molar-refractivity contribution >= 4 is 7.28 Å². The summed E-state index contributed by atoms with van der Waals surface area (Å²) in [6.45, 7) is 12.3. The van der Waals surface area contributed by atoms with Crippen LogP contribution in [0.2, 0.25) is 13.1 Å². The summed E-state index contributed by atoms with van der Waals surface area (Å²) in [5.41, 5.74) is 0. The van der Waals surface area contributed by atoms with Gasteiger partial charge < -0.3 is 0 Å². The largest absolute Gasteiger partial charge is 0.300 e. The first-order valence-electron chi connectivity index (χ1n) is 5.85. The van der Waals surface area contributed by atoms with Crippen LogP contribution in [0.1, 0.15) is 27.2 Å². The minimum Gasteiger partial charge on any atom is -0.300 e. The molecule has 0 rings (SSSR count). The number of hydrogen-bond acceptors (Lipinski definition) is 1. The normalized spacial score (nSPS) is 13.8. The molecule has 0 fully saturated rings. The Labute approximate surface area is 90.8 Å². The molecule has 0 aliphatic rings. The first kappa shape index (κ1) is 13.8. The number of hydrogen-bond donors (Lipinski definition) is 0. The predicted octanol–water partition coefficient (Wildman–Crippen LogP) is 3.08. The zero-order valence-corrected chi connectivity index (χ0v) is 10.3. The van der Waals surface area contributed by atoms with Gasteiger partial charge in [0, 0.05) is 6.54 Å². The van der Waals surface area contributed by atoms with Crippen LogP contribution >= 0.6 is 0 Å². The van der Waals surface area contributed by atoms with E-state index in [1.165, 1.54) is 19.3 Å². The molecule has 0 aliphatic heterocycles. The summed E-state index contributed by atoms with van der Waals surface area (Å²) < 4.78 is 0. The van der Waals surface area contributed by atoms with Gasteiger partial charge in [0.1, 0.15) is 7.28 Å². The van der Waals surface area contributed by atoms with E-state index in [0.29, 0.717) is 0 Å². The van der Waals surface area contributed by atoms with Crippen LogP contribution in [-0.4, -0.2) is 31.8 Å². The van der Waals surface area contributed by atoms with Crippen molar-refractivity contribution in [3.05, 3.63) is 12.2 Å². The summed E-state index contributed by atoms with van der Waals surface area (Å²) >= 11 is 0. The van der Waals surface area contributed by atoms with Crippen LogP contribution in [0.25, 0.3) is 0 Å². The molecule has 2 heteroatoms. The third-order valence-corrected chi connectivity index (χ3v) is 2.62. The molecule has 81 valence electrons. The Bertz CT molecular complexity index is 145. The van der Waals surface area contributed by atoms with Gasteiger partial charge in [0.2, 0.25) is 0 Å². The minimum absolute atomic E-state index is 0.833. The van der Waals surface area contributed by atoms with Crippen molar-refractivity contribution < 1.29 is 0 Å². The standard InChI is InChI=1S/C12H25BN/c1-5-7-9-14(6-2)10-8-12(3)11-13-4/h5,7,12H,6,8-11H2,1-4H3/b7-5-. The maximum Gasteiger partial charge on any atom is 0.106 e. The first-order chi connectivity index (χ1) is 6.74. The van der Waals surface area contributed by atoms with E-state index >= 15 is 0 Å². The highest BCUT2D eigenvalue weighted by atomic mass is 15.1. The molecule has 1 radical (unpaired) electrons. The molecule has 0 aromatic heterocycles. The Morgan fingerprint density at radius 1 is 1.43 bits per heavy atom. The van der Waals surface area contributed by atoms with Gasteiger partial charge in [-0.05, 0) is 26.4 Å². The quantitative estimate of drug-likeness (QED) is 0.424. The van der Waals surface area contributed by atoms with Gasteiger partial charge in [0.15, 0.2) is 0 Å². The highest BCUT2D eigenvalue weighted by molar-refractivity contribution is 6.33. The zero-order valence-electron chi connectivity index (χ0n) is 10.3. The van der Waals surface area contributed by atoms with Crippen molar-refractivity contribution in [1.82, 2.24) is 4.90 Å². The smallest absolute Gasteiger partial charge is 0.106 e. The van der Waals surface area contributed by atoms with E-state index in [2.05, 4.69) is 51.9 Å². The fourth-order valence-electron chi connectivity index (χ4n) is 1.56.